The summed E-state index contributed by atoms with van der Waals surface area (Å²) in [5.74, 6) is 0.225. The third kappa shape index (κ3) is 4.49. The van der Waals surface area contributed by atoms with Crippen LogP contribution in [0.2, 0.25) is 0 Å². The number of urea groups is 1. The van der Waals surface area contributed by atoms with Gasteiger partial charge in [0.1, 0.15) is 5.75 Å². The number of anilines is 1. The van der Waals surface area contributed by atoms with E-state index in [9.17, 15) is 9.59 Å². The summed E-state index contributed by atoms with van der Waals surface area (Å²) in [6.07, 6.45) is 0. The molecule has 0 saturated carbocycles. The normalized spacial score (nSPS) is 9.92. The van der Waals surface area contributed by atoms with E-state index in [-0.39, 0.29) is 6.61 Å². The van der Waals surface area contributed by atoms with E-state index in [1.54, 1.807) is 38.3 Å². The number of amides is 2. The second-order valence-electron chi connectivity index (χ2n) is 4.89. The first-order chi connectivity index (χ1) is 11.7. The van der Waals surface area contributed by atoms with Crippen molar-refractivity contribution in [1.82, 2.24) is 5.32 Å². The Bertz CT molecular complexity index is 716. The summed E-state index contributed by atoms with van der Waals surface area (Å²) in [4.78, 5) is 24.0. The van der Waals surface area contributed by atoms with E-state index in [1.807, 2.05) is 24.3 Å². The quantitative estimate of drug-likeness (QED) is 0.799. The summed E-state index contributed by atoms with van der Waals surface area (Å²) >= 11 is 0. The lowest BCUT2D eigenvalue weighted by atomic mass is 10.2. The van der Waals surface area contributed by atoms with Crippen LogP contribution in [-0.4, -0.2) is 25.7 Å². The number of esters is 1. The molecule has 0 saturated heterocycles. The molecule has 0 aliphatic heterocycles. The molecule has 2 N–H and O–H groups in total. The molecule has 0 atom stereocenters. The van der Waals surface area contributed by atoms with E-state index in [0.29, 0.717) is 23.5 Å². The van der Waals surface area contributed by atoms with Crippen LogP contribution in [0.5, 0.6) is 5.75 Å². The fourth-order valence-corrected chi connectivity index (χ4v) is 2.17. The second kappa shape index (κ2) is 8.57. The van der Waals surface area contributed by atoms with Crippen LogP contribution in [0.4, 0.5) is 10.5 Å². The van der Waals surface area contributed by atoms with Gasteiger partial charge in [-0.05, 0) is 25.1 Å². The van der Waals surface area contributed by atoms with Gasteiger partial charge in [0.25, 0.3) is 0 Å². The predicted molar refractivity (Wildman–Crippen MR) is 91.3 cm³/mol. The molecule has 0 unspecified atom stereocenters. The van der Waals surface area contributed by atoms with Gasteiger partial charge < -0.3 is 20.1 Å². The minimum atomic E-state index is -0.474. The molecule has 0 spiro atoms. The summed E-state index contributed by atoms with van der Waals surface area (Å²) < 4.78 is 10.2. The van der Waals surface area contributed by atoms with Gasteiger partial charge in [-0.3, -0.25) is 0 Å². The zero-order chi connectivity index (χ0) is 17.4. The molecule has 2 aromatic rings. The maximum absolute atomic E-state index is 12.1. The van der Waals surface area contributed by atoms with Crippen molar-refractivity contribution in [3.8, 4) is 5.75 Å². The lowest BCUT2D eigenvalue weighted by Gasteiger charge is -2.12. The summed E-state index contributed by atoms with van der Waals surface area (Å²) in [5.41, 5.74) is 1.56. The Labute approximate surface area is 140 Å². The molecule has 0 aromatic heterocycles. The largest absolute Gasteiger partial charge is 0.496 e. The number of methoxy groups -OCH3 is 1. The van der Waals surface area contributed by atoms with Crippen molar-refractivity contribution in [1.29, 1.82) is 0 Å². The van der Waals surface area contributed by atoms with Crippen molar-refractivity contribution in [2.75, 3.05) is 19.0 Å². The van der Waals surface area contributed by atoms with Crippen LogP contribution in [0.25, 0.3) is 0 Å². The molecule has 6 heteroatoms. The SMILES string of the molecule is CCOC(=O)c1ccccc1NC(=O)NCc1ccccc1OC. The molecule has 0 fully saturated rings. The monoisotopic (exact) mass is 328 g/mol. The average Bonchev–Trinajstić information content (AvgIpc) is 2.61. The summed E-state index contributed by atoms with van der Waals surface area (Å²) in [6, 6.07) is 13.7. The van der Waals surface area contributed by atoms with E-state index >= 15 is 0 Å². The van der Waals surface area contributed by atoms with Crippen LogP contribution in [-0.2, 0) is 11.3 Å². The maximum atomic E-state index is 12.1. The van der Waals surface area contributed by atoms with Gasteiger partial charge in [-0.15, -0.1) is 0 Å². The molecule has 2 rings (SSSR count). The maximum Gasteiger partial charge on any atom is 0.340 e. The van der Waals surface area contributed by atoms with Crippen molar-refractivity contribution in [3.63, 3.8) is 0 Å². The highest BCUT2D eigenvalue weighted by Crippen LogP contribution is 2.18. The third-order valence-corrected chi connectivity index (χ3v) is 3.30. The second-order valence-corrected chi connectivity index (χ2v) is 4.89. The Kier molecular flexibility index (Phi) is 6.19. The first-order valence-electron chi connectivity index (χ1n) is 7.58. The summed E-state index contributed by atoms with van der Waals surface area (Å²) in [7, 11) is 1.58. The van der Waals surface area contributed by atoms with E-state index < -0.39 is 12.0 Å². The Morgan fingerprint density at radius 3 is 2.50 bits per heavy atom. The number of carbonyl (C=O) groups excluding carboxylic acids is 2. The van der Waals surface area contributed by atoms with Crippen LogP contribution < -0.4 is 15.4 Å². The van der Waals surface area contributed by atoms with Gasteiger partial charge in [0.2, 0.25) is 0 Å². The lowest BCUT2D eigenvalue weighted by Crippen LogP contribution is -2.29. The van der Waals surface area contributed by atoms with Gasteiger partial charge >= 0.3 is 12.0 Å². The zero-order valence-corrected chi connectivity index (χ0v) is 13.7. The van der Waals surface area contributed by atoms with Crippen LogP contribution in [0, 0.1) is 0 Å². The van der Waals surface area contributed by atoms with Crippen molar-refractivity contribution < 1.29 is 19.1 Å². The predicted octanol–water partition coefficient (Wildman–Crippen LogP) is 3.19. The topological polar surface area (TPSA) is 76.7 Å². The third-order valence-electron chi connectivity index (χ3n) is 3.30. The number of hydrogen-bond donors (Lipinski definition) is 2. The first kappa shape index (κ1) is 17.3. The fraction of sp³-hybridized carbons (Fsp3) is 0.222. The number of ether oxygens (including phenoxy) is 2. The molecular weight excluding hydrogens is 308 g/mol. The van der Waals surface area contributed by atoms with E-state index in [1.165, 1.54) is 0 Å². The summed E-state index contributed by atoms with van der Waals surface area (Å²) in [5, 5.41) is 5.40. The molecule has 0 heterocycles. The molecular formula is C18H20N2O4. The molecule has 24 heavy (non-hydrogen) atoms. The van der Waals surface area contributed by atoms with Gasteiger partial charge in [-0.25, -0.2) is 9.59 Å². The van der Waals surface area contributed by atoms with Gasteiger partial charge in [0.15, 0.2) is 0 Å². The first-order valence-corrected chi connectivity index (χ1v) is 7.58. The average molecular weight is 328 g/mol. The van der Waals surface area contributed by atoms with E-state index in [0.717, 1.165) is 5.56 Å². The fourth-order valence-electron chi connectivity index (χ4n) is 2.17. The smallest absolute Gasteiger partial charge is 0.340 e. The Morgan fingerprint density at radius 2 is 1.75 bits per heavy atom. The molecule has 2 amide bonds. The van der Waals surface area contributed by atoms with E-state index in [2.05, 4.69) is 10.6 Å². The van der Waals surface area contributed by atoms with Crippen LogP contribution in [0.3, 0.4) is 0 Å². The lowest BCUT2D eigenvalue weighted by molar-refractivity contribution is 0.0527. The number of nitrogens with one attached hydrogen (secondary N) is 2. The van der Waals surface area contributed by atoms with Gasteiger partial charge in [0, 0.05) is 12.1 Å². The number of para-hydroxylation sites is 2. The number of hydrogen-bond acceptors (Lipinski definition) is 4. The number of carbonyl (C=O) groups is 2. The van der Waals surface area contributed by atoms with Crippen molar-refractivity contribution in [3.05, 3.63) is 59.7 Å². The number of rotatable bonds is 6. The molecule has 2 aromatic carbocycles. The summed E-state index contributed by atoms with van der Waals surface area (Å²) in [6.45, 7) is 2.30. The minimum Gasteiger partial charge on any atom is -0.496 e. The molecule has 0 radical (unpaired) electrons. The molecule has 6 nitrogen and oxygen atoms in total. The number of benzene rings is 2. The van der Waals surface area contributed by atoms with Crippen LogP contribution in [0.1, 0.15) is 22.8 Å². The van der Waals surface area contributed by atoms with Crippen LogP contribution >= 0.6 is 0 Å². The van der Waals surface area contributed by atoms with Crippen molar-refractivity contribution in [2.24, 2.45) is 0 Å². The van der Waals surface area contributed by atoms with Gasteiger partial charge in [-0.1, -0.05) is 30.3 Å². The Hall–Kier alpha value is -3.02. The molecule has 0 bridgehead atoms. The highest BCUT2D eigenvalue weighted by Gasteiger charge is 2.14. The van der Waals surface area contributed by atoms with Crippen LogP contribution in [0.15, 0.2) is 48.5 Å². The van der Waals surface area contributed by atoms with Crippen molar-refractivity contribution in [2.45, 2.75) is 13.5 Å². The molecule has 126 valence electrons. The highest BCUT2D eigenvalue weighted by atomic mass is 16.5. The Morgan fingerprint density at radius 1 is 1.04 bits per heavy atom. The van der Waals surface area contributed by atoms with Crippen molar-refractivity contribution >= 4 is 17.7 Å². The van der Waals surface area contributed by atoms with Gasteiger partial charge in [-0.2, -0.15) is 0 Å². The Balaban J connectivity index is 2.01. The standard InChI is InChI=1S/C18H20N2O4/c1-3-24-17(21)14-9-5-6-10-15(14)20-18(22)19-12-13-8-4-7-11-16(13)23-2/h4-11H,3,12H2,1-2H3,(H2,19,20,22). The minimum absolute atomic E-state index is 0.271. The van der Waals surface area contributed by atoms with E-state index in [4.69, 9.17) is 9.47 Å². The highest BCUT2D eigenvalue weighted by molar-refractivity contribution is 6.00. The molecule has 0 aliphatic rings. The molecule has 0 aliphatic carbocycles. The van der Waals surface area contributed by atoms with Gasteiger partial charge in [0.05, 0.1) is 25.0 Å². The zero-order valence-electron chi connectivity index (χ0n) is 13.7.